The molecule has 0 amide bonds. The van der Waals surface area contributed by atoms with Crippen LogP contribution >= 0.6 is 0 Å². The first kappa shape index (κ1) is 13.7. The van der Waals surface area contributed by atoms with Crippen molar-refractivity contribution in [3.05, 3.63) is 37.8 Å². The van der Waals surface area contributed by atoms with Crippen LogP contribution in [0.5, 0.6) is 0 Å². The normalized spacial score (nSPS) is 10.4. The van der Waals surface area contributed by atoms with E-state index in [1.54, 1.807) is 0 Å². The number of nitrogens with one attached hydrogen (secondary N) is 1. The molecule has 18 heavy (non-hydrogen) atoms. The molecule has 0 aliphatic carbocycles. The highest BCUT2D eigenvalue weighted by Gasteiger charge is 2.28. The fourth-order valence-electron chi connectivity index (χ4n) is 1.35. The molecule has 1 aromatic heterocycles. The molecule has 0 saturated heterocycles. The quantitative estimate of drug-likeness (QED) is 0.494. The van der Waals surface area contributed by atoms with Crippen molar-refractivity contribution in [2.75, 3.05) is 7.11 Å². The summed E-state index contributed by atoms with van der Waals surface area (Å²) in [5.41, 5.74) is -3.46. The van der Waals surface area contributed by atoms with E-state index in [2.05, 4.69) is 4.74 Å². The number of H-pyrrole nitrogens is 1. The van der Waals surface area contributed by atoms with Gasteiger partial charge in [-0.3, -0.25) is 19.7 Å². The van der Waals surface area contributed by atoms with E-state index in [4.69, 9.17) is 0 Å². The Morgan fingerprint density at radius 3 is 2.67 bits per heavy atom. The van der Waals surface area contributed by atoms with Gasteiger partial charge in [-0.1, -0.05) is 0 Å². The summed E-state index contributed by atoms with van der Waals surface area (Å²) < 4.78 is 29.4. The molecule has 0 bridgehead atoms. The molecule has 1 N–H and O–H groups in total. The van der Waals surface area contributed by atoms with E-state index in [1.165, 1.54) is 0 Å². The van der Waals surface area contributed by atoms with Crippen molar-refractivity contribution >= 4 is 11.7 Å². The van der Waals surface area contributed by atoms with E-state index in [9.17, 15) is 28.5 Å². The molecule has 0 saturated carbocycles. The highest BCUT2D eigenvalue weighted by atomic mass is 19.3. The predicted molar refractivity (Wildman–Crippen MR) is 54.4 cm³/mol. The smallest absolute Gasteiger partial charge is 0.311 e. The van der Waals surface area contributed by atoms with Gasteiger partial charge in [0, 0.05) is 6.07 Å². The van der Waals surface area contributed by atoms with Crippen LogP contribution in [-0.2, 0) is 16.0 Å². The van der Waals surface area contributed by atoms with E-state index >= 15 is 0 Å². The molecule has 0 aliphatic heterocycles. The summed E-state index contributed by atoms with van der Waals surface area (Å²) >= 11 is 0. The number of hydrogen-bond donors (Lipinski definition) is 1. The van der Waals surface area contributed by atoms with Crippen LogP contribution in [0.2, 0.25) is 0 Å². The third-order valence-corrected chi connectivity index (χ3v) is 2.09. The van der Waals surface area contributed by atoms with Gasteiger partial charge in [-0.15, -0.1) is 0 Å². The Hall–Kier alpha value is -2.32. The highest BCUT2D eigenvalue weighted by molar-refractivity contribution is 5.73. The van der Waals surface area contributed by atoms with E-state index in [1.807, 2.05) is 4.98 Å². The molecule has 1 rings (SSSR count). The van der Waals surface area contributed by atoms with Gasteiger partial charge >= 0.3 is 5.97 Å². The molecule has 0 fully saturated rings. The van der Waals surface area contributed by atoms with Crippen molar-refractivity contribution in [1.29, 1.82) is 0 Å². The van der Waals surface area contributed by atoms with Crippen molar-refractivity contribution in [1.82, 2.24) is 4.98 Å². The Bertz CT molecular complexity index is 540. The van der Waals surface area contributed by atoms with Crippen molar-refractivity contribution < 1.29 is 23.2 Å². The average molecular weight is 262 g/mol. The standard InChI is InChI=1S/C9H8F2N2O5/c1-18-7(15)3-5-8(13(16)17)4(9(10)11)2-6(14)12-5/h2,9H,3H2,1H3,(H,12,14). The maximum Gasteiger partial charge on any atom is 0.311 e. The number of hydrogen-bond acceptors (Lipinski definition) is 5. The van der Waals surface area contributed by atoms with Gasteiger partial charge in [0.05, 0.1) is 18.5 Å². The molecule has 0 radical (unpaired) electrons. The first-order valence-electron chi connectivity index (χ1n) is 4.62. The number of esters is 1. The van der Waals surface area contributed by atoms with E-state index in [0.29, 0.717) is 6.07 Å². The first-order chi connectivity index (χ1) is 8.36. The van der Waals surface area contributed by atoms with Crippen LogP contribution in [0.15, 0.2) is 10.9 Å². The number of pyridine rings is 1. The van der Waals surface area contributed by atoms with E-state index < -0.39 is 46.2 Å². The number of aromatic amines is 1. The fraction of sp³-hybridized carbons (Fsp3) is 0.333. The van der Waals surface area contributed by atoms with Crippen LogP contribution in [0.4, 0.5) is 14.5 Å². The number of ether oxygens (including phenoxy) is 1. The minimum atomic E-state index is -3.19. The maximum atomic E-state index is 12.6. The molecule has 7 nitrogen and oxygen atoms in total. The topological polar surface area (TPSA) is 102 Å². The average Bonchev–Trinajstić information content (AvgIpc) is 2.27. The summed E-state index contributed by atoms with van der Waals surface area (Å²) in [7, 11) is 1.03. The molecule has 98 valence electrons. The van der Waals surface area contributed by atoms with Crippen LogP contribution in [-0.4, -0.2) is 23.0 Å². The highest BCUT2D eigenvalue weighted by Crippen LogP contribution is 2.29. The maximum absolute atomic E-state index is 12.6. The zero-order chi connectivity index (χ0) is 13.9. The summed E-state index contributed by atoms with van der Waals surface area (Å²) in [5.74, 6) is -0.889. The van der Waals surface area contributed by atoms with Gasteiger partial charge in [0.1, 0.15) is 11.3 Å². The number of alkyl halides is 2. The lowest BCUT2D eigenvalue weighted by molar-refractivity contribution is -0.387. The van der Waals surface area contributed by atoms with E-state index in [-0.39, 0.29) is 0 Å². The minimum Gasteiger partial charge on any atom is -0.469 e. The number of carbonyl (C=O) groups is 1. The number of methoxy groups -OCH3 is 1. The third kappa shape index (κ3) is 2.87. The number of nitrogens with zero attached hydrogens (tertiary/aromatic N) is 1. The molecule has 0 aliphatic rings. The fourth-order valence-corrected chi connectivity index (χ4v) is 1.35. The SMILES string of the molecule is COC(=O)Cc1[nH]c(=O)cc(C(F)F)c1[N+](=O)[O-]. The largest absolute Gasteiger partial charge is 0.469 e. The lowest BCUT2D eigenvalue weighted by Gasteiger charge is -2.06. The number of rotatable bonds is 4. The molecule has 1 aromatic rings. The molecular formula is C9H8F2N2O5. The van der Waals surface area contributed by atoms with Crippen LogP contribution in [0.3, 0.4) is 0 Å². The molecule has 0 aromatic carbocycles. The van der Waals surface area contributed by atoms with Crippen LogP contribution in [0, 0.1) is 10.1 Å². The predicted octanol–water partition coefficient (Wildman–Crippen LogP) is 0.936. The van der Waals surface area contributed by atoms with Gasteiger partial charge in [-0.05, 0) is 0 Å². The Balaban J connectivity index is 3.43. The summed E-state index contributed by atoms with van der Waals surface area (Å²) in [6, 6.07) is 0.434. The number of carbonyl (C=O) groups excluding carboxylic acids is 1. The second-order valence-corrected chi connectivity index (χ2v) is 3.23. The lowest BCUT2D eigenvalue weighted by atomic mass is 10.1. The lowest BCUT2D eigenvalue weighted by Crippen LogP contribution is -2.17. The molecular weight excluding hydrogens is 254 g/mol. The monoisotopic (exact) mass is 262 g/mol. The van der Waals surface area contributed by atoms with Gasteiger partial charge in [0.25, 0.3) is 12.1 Å². The Labute approximate surface area is 98.5 Å². The van der Waals surface area contributed by atoms with Gasteiger partial charge in [0.15, 0.2) is 0 Å². The van der Waals surface area contributed by atoms with Crippen LogP contribution in [0.25, 0.3) is 0 Å². The van der Waals surface area contributed by atoms with E-state index in [0.717, 1.165) is 7.11 Å². The Morgan fingerprint density at radius 1 is 1.61 bits per heavy atom. The van der Waals surface area contributed by atoms with Crippen molar-refractivity contribution in [3.63, 3.8) is 0 Å². The second-order valence-electron chi connectivity index (χ2n) is 3.23. The van der Waals surface area contributed by atoms with Gasteiger partial charge in [0.2, 0.25) is 5.56 Å². The minimum absolute atomic E-state index is 0.434. The summed E-state index contributed by atoms with van der Waals surface area (Å²) in [6.07, 6.45) is -3.85. The molecule has 0 atom stereocenters. The first-order valence-corrected chi connectivity index (χ1v) is 4.62. The van der Waals surface area contributed by atoms with Gasteiger partial charge < -0.3 is 9.72 Å². The number of aromatic nitrogens is 1. The van der Waals surface area contributed by atoms with Crippen molar-refractivity contribution in [2.24, 2.45) is 0 Å². The molecule has 1 heterocycles. The molecule has 0 unspecified atom stereocenters. The molecule has 0 spiro atoms. The zero-order valence-electron chi connectivity index (χ0n) is 9.11. The zero-order valence-corrected chi connectivity index (χ0v) is 9.11. The number of nitro groups is 1. The van der Waals surface area contributed by atoms with Crippen molar-refractivity contribution in [2.45, 2.75) is 12.8 Å². The molecule has 9 heteroatoms. The van der Waals surface area contributed by atoms with Crippen LogP contribution in [0.1, 0.15) is 17.7 Å². The Kier molecular flexibility index (Phi) is 4.08. The number of halogens is 2. The van der Waals surface area contributed by atoms with Gasteiger partial charge in [-0.2, -0.15) is 0 Å². The summed E-state index contributed by atoms with van der Waals surface area (Å²) in [4.78, 5) is 33.7. The third-order valence-electron chi connectivity index (χ3n) is 2.09. The Morgan fingerprint density at radius 2 is 2.22 bits per heavy atom. The van der Waals surface area contributed by atoms with Crippen molar-refractivity contribution in [3.8, 4) is 0 Å². The van der Waals surface area contributed by atoms with Gasteiger partial charge in [-0.25, -0.2) is 8.78 Å². The summed E-state index contributed by atoms with van der Waals surface area (Å²) in [5, 5.41) is 10.7. The van der Waals surface area contributed by atoms with Crippen LogP contribution < -0.4 is 5.56 Å². The summed E-state index contributed by atoms with van der Waals surface area (Å²) in [6.45, 7) is 0. The second kappa shape index (κ2) is 5.34.